The van der Waals surface area contributed by atoms with Crippen molar-refractivity contribution in [3.8, 4) is 5.75 Å². The quantitative estimate of drug-likeness (QED) is 0.743. The molecule has 1 aromatic rings. The molecule has 1 aromatic carbocycles. The molecule has 5 nitrogen and oxygen atoms in total. The van der Waals surface area contributed by atoms with E-state index in [9.17, 15) is 9.59 Å². The minimum absolute atomic E-state index is 0.0828. The maximum Gasteiger partial charge on any atom is 0.337 e. The van der Waals surface area contributed by atoms with Crippen LogP contribution in [0.2, 0.25) is 0 Å². The van der Waals surface area contributed by atoms with Gasteiger partial charge in [-0.15, -0.1) is 0 Å². The van der Waals surface area contributed by atoms with Crippen molar-refractivity contribution < 1.29 is 19.1 Å². The number of hydrogen-bond acceptors (Lipinski definition) is 4. The van der Waals surface area contributed by atoms with Crippen molar-refractivity contribution in [2.24, 2.45) is 5.92 Å². The number of rotatable bonds is 8. The second-order valence-corrected chi connectivity index (χ2v) is 6.25. The van der Waals surface area contributed by atoms with Gasteiger partial charge in [0.2, 0.25) is 5.91 Å². The predicted molar refractivity (Wildman–Crippen MR) is 92.2 cm³/mol. The zero-order chi connectivity index (χ0) is 17.5. The highest BCUT2D eigenvalue weighted by Crippen LogP contribution is 2.29. The number of amides is 1. The number of ether oxygens (including phenoxy) is 2. The minimum atomic E-state index is -0.351. The number of nitrogens with one attached hydrogen (secondary N) is 1. The second kappa shape index (κ2) is 8.71. The Kier molecular flexibility index (Phi) is 6.64. The summed E-state index contributed by atoms with van der Waals surface area (Å²) in [7, 11) is 1.37. The van der Waals surface area contributed by atoms with Gasteiger partial charge in [-0.3, -0.25) is 4.79 Å². The number of carbonyl (C=O) groups excluding carboxylic acids is 2. The number of benzene rings is 1. The third-order valence-corrected chi connectivity index (χ3v) is 4.50. The van der Waals surface area contributed by atoms with Gasteiger partial charge >= 0.3 is 5.97 Å². The third-order valence-electron chi connectivity index (χ3n) is 4.50. The van der Waals surface area contributed by atoms with Crippen molar-refractivity contribution in [2.45, 2.75) is 52.1 Å². The van der Waals surface area contributed by atoms with Crippen LogP contribution in [-0.4, -0.2) is 31.6 Å². The van der Waals surface area contributed by atoms with E-state index in [0.717, 1.165) is 37.0 Å². The second-order valence-electron chi connectivity index (χ2n) is 6.25. The first kappa shape index (κ1) is 18.3. The number of methoxy groups -OCH3 is 1. The van der Waals surface area contributed by atoms with Crippen molar-refractivity contribution in [1.29, 1.82) is 0 Å². The van der Waals surface area contributed by atoms with E-state index in [1.165, 1.54) is 7.11 Å². The third kappa shape index (κ3) is 4.49. The van der Waals surface area contributed by atoms with Gasteiger partial charge in [0, 0.05) is 12.3 Å². The number of hydrogen-bond donors (Lipinski definition) is 1. The molecule has 0 spiro atoms. The van der Waals surface area contributed by atoms with Gasteiger partial charge in [-0.05, 0) is 36.6 Å². The Hall–Kier alpha value is -2.04. The molecule has 1 amide bonds. The molecule has 0 aliphatic carbocycles. The summed E-state index contributed by atoms with van der Waals surface area (Å²) in [4.78, 5) is 23.8. The molecule has 2 atom stereocenters. The predicted octanol–water partition coefficient (Wildman–Crippen LogP) is 3.11. The highest BCUT2D eigenvalue weighted by atomic mass is 16.5. The largest absolute Gasteiger partial charge is 0.488 e. The number of esters is 1. The molecule has 0 bridgehead atoms. The smallest absolute Gasteiger partial charge is 0.337 e. The van der Waals surface area contributed by atoms with E-state index < -0.39 is 0 Å². The average molecular weight is 333 g/mol. The summed E-state index contributed by atoms with van der Waals surface area (Å²) >= 11 is 0. The number of unbranched alkanes of at least 4 members (excludes halogenated alkanes) is 1. The molecule has 1 N–H and O–H groups in total. The zero-order valence-electron chi connectivity index (χ0n) is 14.8. The number of fused-ring (bicyclic) bond motifs is 1. The van der Waals surface area contributed by atoms with Gasteiger partial charge in [0.1, 0.15) is 11.9 Å². The molecule has 1 aliphatic heterocycles. The van der Waals surface area contributed by atoms with Crippen molar-refractivity contribution in [3.05, 3.63) is 29.3 Å². The molecular weight excluding hydrogens is 306 g/mol. The molecule has 0 saturated carbocycles. The molecule has 1 aliphatic rings. The first-order valence-electron chi connectivity index (χ1n) is 8.74. The SMILES string of the molecule is CCCC[C@@H](CC)C(=O)NC[C@@H]1Cc2cc(C(=O)OC)ccc2O1. The van der Waals surface area contributed by atoms with Crippen molar-refractivity contribution in [1.82, 2.24) is 5.32 Å². The molecular formula is C19H27NO4. The lowest BCUT2D eigenvalue weighted by Gasteiger charge is -2.17. The average Bonchev–Trinajstić information content (AvgIpc) is 3.01. The van der Waals surface area contributed by atoms with Gasteiger partial charge in [-0.2, -0.15) is 0 Å². The zero-order valence-corrected chi connectivity index (χ0v) is 14.8. The summed E-state index contributed by atoms with van der Waals surface area (Å²) in [6.45, 7) is 4.68. The summed E-state index contributed by atoms with van der Waals surface area (Å²) in [5, 5.41) is 3.01. The molecule has 132 valence electrons. The van der Waals surface area contributed by atoms with Gasteiger partial charge in [0.25, 0.3) is 0 Å². The Morgan fingerprint density at radius 2 is 2.17 bits per heavy atom. The van der Waals surface area contributed by atoms with E-state index >= 15 is 0 Å². The molecule has 24 heavy (non-hydrogen) atoms. The van der Waals surface area contributed by atoms with Gasteiger partial charge < -0.3 is 14.8 Å². The highest BCUT2D eigenvalue weighted by molar-refractivity contribution is 5.89. The topological polar surface area (TPSA) is 64.6 Å². The van der Waals surface area contributed by atoms with Crippen LogP contribution in [0.25, 0.3) is 0 Å². The summed E-state index contributed by atoms with van der Waals surface area (Å²) < 4.78 is 10.6. The first-order chi connectivity index (χ1) is 11.6. The van der Waals surface area contributed by atoms with Gasteiger partial charge in [-0.1, -0.05) is 26.7 Å². The van der Waals surface area contributed by atoms with Crippen LogP contribution in [0.15, 0.2) is 18.2 Å². The number of carbonyl (C=O) groups is 2. The Labute approximate surface area is 143 Å². The molecule has 0 fully saturated rings. The van der Waals surface area contributed by atoms with E-state index in [-0.39, 0.29) is 23.9 Å². The van der Waals surface area contributed by atoms with Crippen LogP contribution in [0.3, 0.4) is 0 Å². The fourth-order valence-electron chi connectivity index (χ4n) is 3.01. The minimum Gasteiger partial charge on any atom is -0.488 e. The van der Waals surface area contributed by atoms with Gasteiger partial charge in [0.05, 0.1) is 19.2 Å². The van der Waals surface area contributed by atoms with E-state index in [1.54, 1.807) is 18.2 Å². The van der Waals surface area contributed by atoms with Gasteiger partial charge in [-0.25, -0.2) is 4.79 Å². The lowest BCUT2D eigenvalue weighted by Crippen LogP contribution is -2.37. The van der Waals surface area contributed by atoms with Crippen molar-refractivity contribution >= 4 is 11.9 Å². The maximum atomic E-state index is 12.3. The molecule has 1 heterocycles. The summed E-state index contributed by atoms with van der Waals surface area (Å²) in [5.41, 5.74) is 1.50. The molecule has 0 aromatic heterocycles. The highest BCUT2D eigenvalue weighted by Gasteiger charge is 2.25. The molecule has 0 radical (unpaired) electrons. The normalized spacial score (nSPS) is 16.9. The van der Waals surface area contributed by atoms with Crippen LogP contribution < -0.4 is 10.1 Å². The Balaban J connectivity index is 1.87. The Morgan fingerprint density at radius 3 is 2.83 bits per heavy atom. The lowest BCUT2D eigenvalue weighted by molar-refractivity contribution is -0.125. The van der Waals surface area contributed by atoms with Crippen LogP contribution in [-0.2, 0) is 16.0 Å². The van der Waals surface area contributed by atoms with Crippen LogP contribution in [0.1, 0.15) is 55.5 Å². The summed E-state index contributed by atoms with van der Waals surface area (Å²) in [6, 6.07) is 5.29. The Morgan fingerprint density at radius 1 is 1.38 bits per heavy atom. The van der Waals surface area contributed by atoms with E-state index in [4.69, 9.17) is 9.47 Å². The van der Waals surface area contributed by atoms with Crippen LogP contribution in [0, 0.1) is 5.92 Å². The monoisotopic (exact) mass is 333 g/mol. The van der Waals surface area contributed by atoms with Crippen LogP contribution in [0.4, 0.5) is 0 Å². The molecule has 0 unspecified atom stereocenters. The maximum absolute atomic E-state index is 12.3. The van der Waals surface area contributed by atoms with E-state index in [1.807, 2.05) is 0 Å². The summed E-state index contributed by atoms with van der Waals surface area (Å²) in [6.07, 6.45) is 4.58. The summed E-state index contributed by atoms with van der Waals surface area (Å²) in [5.74, 6) is 0.622. The Bertz CT molecular complexity index is 585. The van der Waals surface area contributed by atoms with E-state index in [0.29, 0.717) is 18.5 Å². The lowest BCUT2D eigenvalue weighted by atomic mass is 9.98. The molecule has 0 saturated heterocycles. The fourth-order valence-corrected chi connectivity index (χ4v) is 3.01. The van der Waals surface area contributed by atoms with Crippen molar-refractivity contribution in [3.63, 3.8) is 0 Å². The van der Waals surface area contributed by atoms with E-state index in [2.05, 4.69) is 19.2 Å². The molecule has 5 heteroatoms. The van der Waals surface area contributed by atoms with Crippen LogP contribution >= 0.6 is 0 Å². The fraction of sp³-hybridized carbons (Fsp3) is 0.579. The van der Waals surface area contributed by atoms with Gasteiger partial charge in [0.15, 0.2) is 0 Å². The van der Waals surface area contributed by atoms with Crippen LogP contribution in [0.5, 0.6) is 5.75 Å². The first-order valence-corrected chi connectivity index (χ1v) is 8.74. The van der Waals surface area contributed by atoms with Crippen molar-refractivity contribution in [2.75, 3.05) is 13.7 Å². The molecule has 2 rings (SSSR count). The standard InChI is InChI=1S/C19H27NO4/c1-4-6-7-13(5-2)18(21)20-12-16-11-15-10-14(19(22)23-3)8-9-17(15)24-16/h8-10,13,16H,4-7,11-12H2,1-3H3,(H,20,21)/t13-,16+/m1/s1.